The van der Waals surface area contributed by atoms with Gasteiger partial charge in [0, 0.05) is 19.7 Å². The molecular weight excluding hydrogens is 382 g/mol. The minimum atomic E-state index is -0.835. The third-order valence-electron chi connectivity index (χ3n) is 5.62. The van der Waals surface area contributed by atoms with Crippen LogP contribution in [0.15, 0.2) is 48.5 Å². The first-order valence-corrected chi connectivity index (χ1v) is 10.5. The number of nitrogens with zero attached hydrogens (tertiary/aromatic N) is 1. The number of fused-ring (bicyclic) bond motifs is 1. The number of esters is 1. The van der Waals surface area contributed by atoms with Crippen LogP contribution in [0.2, 0.25) is 0 Å². The minimum Gasteiger partial charge on any atom is -0.491 e. The van der Waals surface area contributed by atoms with Gasteiger partial charge in [-0.2, -0.15) is 0 Å². The quantitative estimate of drug-likeness (QED) is 0.685. The fraction of sp³-hybridized carbons (Fsp3) is 0.417. The summed E-state index contributed by atoms with van der Waals surface area (Å²) in [6.07, 6.45) is 2.20. The van der Waals surface area contributed by atoms with Gasteiger partial charge in [-0.05, 0) is 61.6 Å². The molecule has 1 fully saturated rings. The van der Waals surface area contributed by atoms with Gasteiger partial charge in [-0.3, -0.25) is 4.79 Å². The number of benzene rings is 2. The highest BCUT2D eigenvalue weighted by molar-refractivity contribution is 5.92. The van der Waals surface area contributed by atoms with Gasteiger partial charge < -0.3 is 19.1 Å². The summed E-state index contributed by atoms with van der Waals surface area (Å²) in [4.78, 5) is 27.0. The lowest BCUT2D eigenvalue weighted by atomic mass is 9.99. The number of ether oxygens (including phenoxy) is 3. The van der Waals surface area contributed by atoms with Crippen molar-refractivity contribution in [3.8, 4) is 5.75 Å². The summed E-state index contributed by atoms with van der Waals surface area (Å²) in [7, 11) is 0. The van der Waals surface area contributed by atoms with Crippen molar-refractivity contribution >= 4 is 11.9 Å². The van der Waals surface area contributed by atoms with Gasteiger partial charge in [0.2, 0.25) is 0 Å². The van der Waals surface area contributed by atoms with Gasteiger partial charge in [-0.15, -0.1) is 0 Å². The lowest BCUT2D eigenvalue weighted by molar-refractivity contribution is -0.140. The van der Waals surface area contributed by atoms with E-state index in [1.807, 2.05) is 18.2 Å². The lowest BCUT2D eigenvalue weighted by Gasteiger charge is -2.30. The van der Waals surface area contributed by atoms with Crippen LogP contribution in [0.25, 0.3) is 0 Å². The van der Waals surface area contributed by atoms with Gasteiger partial charge in [-0.25, -0.2) is 4.79 Å². The van der Waals surface area contributed by atoms with Gasteiger partial charge in [0.1, 0.15) is 12.4 Å². The molecule has 0 N–H and O–H groups in total. The monoisotopic (exact) mass is 409 g/mol. The molecule has 2 aliphatic heterocycles. The molecule has 2 aromatic carbocycles. The Morgan fingerprint density at radius 2 is 1.90 bits per heavy atom. The summed E-state index contributed by atoms with van der Waals surface area (Å²) in [5.41, 5.74) is 2.81. The number of hydrogen-bond donors (Lipinski definition) is 0. The molecule has 4 rings (SSSR count). The van der Waals surface area contributed by atoms with Crippen molar-refractivity contribution in [2.24, 2.45) is 0 Å². The van der Waals surface area contributed by atoms with E-state index in [0.717, 1.165) is 31.4 Å². The molecule has 158 valence electrons. The maximum Gasteiger partial charge on any atom is 0.338 e. The van der Waals surface area contributed by atoms with E-state index in [4.69, 9.17) is 14.2 Å². The van der Waals surface area contributed by atoms with Crippen LogP contribution in [0, 0.1) is 0 Å². The zero-order valence-corrected chi connectivity index (χ0v) is 17.2. The Hall–Kier alpha value is -2.86. The molecule has 0 unspecified atom stereocenters. The van der Waals surface area contributed by atoms with E-state index >= 15 is 0 Å². The van der Waals surface area contributed by atoms with Gasteiger partial charge in [0.15, 0.2) is 6.10 Å². The lowest BCUT2D eigenvalue weighted by Crippen LogP contribution is -2.42. The Labute approximate surface area is 176 Å². The normalized spacial score (nSPS) is 19.1. The Morgan fingerprint density at radius 1 is 1.13 bits per heavy atom. The van der Waals surface area contributed by atoms with Crippen molar-refractivity contribution in [2.45, 2.75) is 44.9 Å². The van der Waals surface area contributed by atoms with E-state index in [0.29, 0.717) is 31.0 Å². The van der Waals surface area contributed by atoms with Crippen LogP contribution in [0.1, 0.15) is 41.3 Å². The summed E-state index contributed by atoms with van der Waals surface area (Å²) >= 11 is 0. The second-order valence-corrected chi connectivity index (χ2v) is 7.80. The molecule has 2 atom stereocenters. The largest absolute Gasteiger partial charge is 0.491 e. The Kier molecular flexibility index (Phi) is 6.33. The van der Waals surface area contributed by atoms with E-state index in [2.05, 4.69) is 6.07 Å². The van der Waals surface area contributed by atoms with Crippen LogP contribution < -0.4 is 4.74 Å². The summed E-state index contributed by atoms with van der Waals surface area (Å²) in [5.74, 6) is -0.00790. The molecule has 6 heteroatoms. The Bertz CT molecular complexity index is 889. The van der Waals surface area contributed by atoms with Gasteiger partial charge in [-0.1, -0.05) is 24.3 Å². The molecule has 6 nitrogen and oxygen atoms in total. The molecule has 2 heterocycles. The minimum absolute atomic E-state index is 0.142. The summed E-state index contributed by atoms with van der Waals surface area (Å²) < 4.78 is 16.7. The highest BCUT2D eigenvalue weighted by Crippen LogP contribution is 2.20. The smallest absolute Gasteiger partial charge is 0.338 e. The molecule has 30 heavy (non-hydrogen) atoms. The number of rotatable bonds is 6. The SMILES string of the molecule is C[C@@H](OC(=O)c1ccc(OC[C@H]2CCCO2)cc1)C(=O)N1CCc2ccccc2C1. The third-order valence-corrected chi connectivity index (χ3v) is 5.62. The van der Waals surface area contributed by atoms with Crippen LogP contribution in [0.5, 0.6) is 5.75 Å². The third kappa shape index (κ3) is 4.82. The predicted octanol–water partition coefficient (Wildman–Crippen LogP) is 3.37. The highest BCUT2D eigenvalue weighted by atomic mass is 16.5. The van der Waals surface area contributed by atoms with Crippen LogP contribution in [-0.2, 0) is 27.2 Å². The van der Waals surface area contributed by atoms with Crippen molar-refractivity contribution in [3.63, 3.8) is 0 Å². The first kappa shape index (κ1) is 20.4. The first-order chi connectivity index (χ1) is 14.6. The Balaban J connectivity index is 1.29. The first-order valence-electron chi connectivity index (χ1n) is 10.5. The zero-order valence-electron chi connectivity index (χ0n) is 17.2. The second-order valence-electron chi connectivity index (χ2n) is 7.80. The molecule has 2 aromatic rings. The van der Waals surface area contributed by atoms with E-state index in [1.54, 1.807) is 36.1 Å². The fourth-order valence-corrected chi connectivity index (χ4v) is 3.87. The maximum absolute atomic E-state index is 12.8. The van der Waals surface area contributed by atoms with E-state index < -0.39 is 12.1 Å². The van der Waals surface area contributed by atoms with Crippen molar-refractivity contribution in [2.75, 3.05) is 19.8 Å². The van der Waals surface area contributed by atoms with E-state index in [9.17, 15) is 9.59 Å². The zero-order chi connectivity index (χ0) is 20.9. The van der Waals surface area contributed by atoms with Crippen molar-refractivity contribution < 1.29 is 23.8 Å². The molecule has 0 spiro atoms. The number of hydrogen-bond acceptors (Lipinski definition) is 5. The second kappa shape index (κ2) is 9.30. The summed E-state index contributed by atoms with van der Waals surface area (Å²) in [6, 6.07) is 14.9. The number of carbonyl (C=O) groups is 2. The molecule has 2 aliphatic rings. The Morgan fingerprint density at radius 3 is 2.63 bits per heavy atom. The molecule has 1 saturated heterocycles. The van der Waals surface area contributed by atoms with Crippen LogP contribution in [-0.4, -0.2) is 48.7 Å². The highest BCUT2D eigenvalue weighted by Gasteiger charge is 2.27. The number of amides is 1. The summed E-state index contributed by atoms with van der Waals surface area (Å²) in [6.45, 7) is 4.11. The average molecular weight is 409 g/mol. The maximum atomic E-state index is 12.8. The fourth-order valence-electron chi connectivity index (χ4n) is 3.87. The van der Waals surface area contributed by atoms with Crippen LogP contribution >= 0.6 is 0 Å². The van der Waals surface area contributed by atoms with Crippen LogP contribution in [0.3, 0.4) is 0 Å². The summed E-state index contributed by atoms with van der Waals surface area (Å²) in [5, 5.41) is 0. The van der Waals surface area contributed by atoms with E-state index in [1.165, 1.54) is 5.56 Å². The van der Waals surface area contributed by atoms with Crippen molar-refractivity contribution in [1.29, 1.82) is 0 Å². The van der Waals surface area contributed by atoms with E-state index in [-0.39, 0.29) is 12.0 Å². The van der Waals surface area contributed by atoms with Crippen molar-refractivity contribution in [3.05, 3.63) is 65.2 Å². The molecule has 0 saturated carbocycles. The van der Waals surface area contributed by atoms with Gasteiger partial charge >= 0.3 is 5.97 Å². The average Bonchev–Trinajstić information content (AvgIpc) is 3.31. The molecule has 0 radical (unpaired) electrons. The van der Waals surface area contributed by atoms with Crippen molar-refractivity contribution in [1.82, 2.24) is 4.90 Å². The molecule has 0 aromatic heterocycles. The van der Waals surface area contributed by atoms with Gasteiger partial charge in [0.25, 0.3) is 5.91 Å². The number of carbonyl (C=O) groups excluding carboxylic acids is 2. The van der Waals surface area contributed by atoms with Gasteiger partial charge in [0.05, 0.1) is 11.7 Å². The molecule has 0 aliphatic carbocycles. The molecule has 1 amide bonds. The van der Waals surface area contributed by atoms with Crippen LogP contribution in [0.4, 0.5) is 0 Å². The standard InChI is InChI=1S/C24H27NO5/c1-17(23(26)25-13-12-18-5-2-3-6-20(18)15-25)30-24(27)19-8-10-21(11-9-19)29-16-22-7-4-14-28-22/h2-3,5-6,8-11,17,22H,4,7,12-16H2,1H3/t17-,22-/m1/s1. The topological polar surface area (TPSA) is 65.1 Å². The predicted molar refractivity (Wildman–Crippen MR) is 111 cm³/mol. The molecular formula is C24H27NO5. The molecule has 0 bridgehead atoms.